The van der Waals surface area contributed by atoms with E-state index in [1.807, 2.05) is 49.3 Å². The fourth-order valence-corrected chi connectivity index (χ4v) is 3.57. The van der Waals surface area contributed by atoms with Gasteiger partial charge in [0.1, 0.15) is 0 Å². The van der Waals surface area contributed by atoms with Crippen LogP contribution in [0.4, 0.5) is 11.4 Å². The van der Waals surface area contributed by atoms with E-state index in [1.165, 1.54) is 17.3 Å². The maximum Gasteiger partial charge on any atom is 0.237 e. The zero-order valence-electron chi connectivity index (χ0n) is 13.5. The van der Waals surface area contributed by atoms with Gasteiger partial charge in [-0.3, -0.25) is 4.79 Å². The number of carbonyl (C=O) groups is 1. The van der Waals surface area contributed by atoms with Crippen LogP contribution in [0, 0.1) is 6.92 Å². The monoisotopic (exact) mass is 327 g/mol. The molecular weight excluding hydrogens is 306 g/mol. The Balaban J connectivity index is 1.75. The summed E-state index contributed by atoms with van der Waals surface area (Å²) in [6.07, 6.45) is 3.88. The van der Waals surface area contributed by atoms with Crippen LogP contribution < -0.4 is 10.2 Å². The summed E-state index contributed by atoms with van der Waals surface area (Å²) >= 11 is 1.50. The molecule has 0 aliphatic carbocycles. The Kier molecular flexibility index (Phi) is 4.86. The van der Waals surface area contributed by atoms with Gasteiger partial charge in [0, 0.05) is 19.8 Å². The number of nitrogens with zero attached hydrogens (tertiary/aromatic N) is 2. The van der Waals surface area contributed by atoms with E-state index >= 15 is 0 Å². The molecule has 4 nitrogen and oxygen atoms in total. The SMILES string of the molecule is CNc1cccc2c1N(C(=O)CSc1ccc(C)cn1)CCC2. The molecule has 1 aliphatic heterocycles. The fourth-order valence-electron chi connectivity index (χ4n) is 2.86. The van der Waals surface area contributed by atoms with Crippen molar-refractivity contribution in [3.63, 3.8) is 0 Å². The highest BCUT2D eigenvalue weighted by Gasteiger charge is 2.24. The molecule has 0 saturated carbocycles. The molecule has 5 heteroatoms. The van der Waals surface area contributed by atoms with Gasteiger partial charge < -0.3 is 10.2 Å². The van der Waals surface area contributed by atoms with Crippen molar-refractivity contribution < 1.29 is 4.79 Å². The van der Waals surface area contributed by atoms with Gasteiger partial charge >= 0.3 is 0 Å². The molecule has 1 aromatic carbocycles. The van der Waals surface area contributed by atoms with Crippen molar-refractivity contribution in [2.24, 2.45) is 0 Å². The summed E-state index contributed by atoms with van der Waals surface area (Å²) in [5.74, 6) is 0.550. The van der Waals surface area contributed by atoms with Gasteiger partial charge in [0.05, 0.1) is 22.2 Å². The predicted octanol–water partition coefficient (Wildman–Crippen LogP) is 3.50. The van der Waals surface area contributed by atoms with Gasteiger partial charge in [-0.2, -0.15) is 0 Å². The van der Waals surface area contributed by atoms with Crippen LogP contribution >= 0.6 is 11.8 Å². The molecule has 2 aromatic rings. The molecule has 23 heavy (non-hydrogen) atoms. The van der Waals surface area contributed by atoms with Gasteiger partial charge in [-0.1, -0.05) is 30.0 Å². The number of aryl methyl sites for hydroxylation is 2. The minimum absolute atomic E-state index is 0.140. The van der Waals surface area contributed by atoms with Gasteiger partial charge in [-0.25, -0.2) is 4.98 Å². The smallest absolute Gasteiger partial charge is 0.237 e. The highest BCUT2D eigenvalue weighted by atomic mass is 32.2. The molecule has 3 rings (SSSR count). The molecule has 1 aromatic heterocycles. The summed E-state index contributed by atoms with van der Waals surface area (Å²) in [4.78, 5) is 19.0. The number of hydrogen-bond donors (Lipinski definition) is 1. The summed E-state index contributed by atoms with van der Waals surface area (Å²) in [5.41, 5.74) is 4.44. The first-order valence-corrected chi connectivity index (χ1v) is 8.83. The molecule has 0 bridgehead atoms. The van der Waals surface area contributed by atoms with Crippen molar-refractivity contribution in [1.82, 2.24) is 4.98 Å². The van der Waals surface area contributed by atoms with E-state index in [4.69, 9.17) is 0 Å². The van der Waals surface area contributed by atoms with Crippen molar-refractivity contribution in [3.8, 4) is 0 Å². The lowest BCUT2D eigenvalue weighted by Crippen LogP contribution is -2.37. The van der Waals surface area contributed by atoms with E-state index in [0.29, 0.717) is 5.75 Å². The molecule has 120 valence electrons. The Bertz CT molecular complexity index is 686. The first-order valence-electron chi connectivity index (χ1n) is 7.84. The average molecular weight is 327 g/mol. The van der Waals surface area contributed by atoms with Gasteiger partial charge in [0.25, 0.3) is 0 Å². The first-order chi connectivity index (χ1) is 11.2. The number of amides is 1. The molecule has 0 spiro atoms. The maximum absolute atomic E-state index is 12.7. The number of carbonyl (C=O) groups excluding carboxylic acids is 1. The third kappa shape index (κ3) is 3.50. The lowest BCUT2D eigenvalue weighted by atomic mass is 10.0. The largest absolute Gasteiger partial charge is 0.386 e. The van der Waals surface area contributed by atoms with E-state index < -0.39 is 0 Å². The number of aromatic nitrogens is 1. The Morgan fingerprint density at radius 2 is 2.22 bits per heavy atom. The van der Waals surface area contributed by atoms with E-state index in [1.54, 1.807) is 0 Å². The zero-order chi connectivity index (χ0) is 16.2. The maximum atomic E-state index is 12.7. The number of rotatable bonds is 4. The minimum atomic E-state index is 0.140. The third-order valence-corrected chi connectivity index (χ3v) is 4.94. The van der Waals surface area contributed by atoms with Crippen LogP contribution in [-0.4, -0.2) is 30.2 Å². The van der Waals surface area contributed by atoms with Crippen LogP contribution in [-0.2, 0) is 11.2 Å². The zero-order valence-corrected chi connectivity index (χ0v) is 14.3. The lowest BCUT2D eigenvalue weighted by Gasteiger charge is -2.31. The van der Waals surface area contributed by atoms with Crippen LogP contribution in [0.3, 0.4) is 0 Å². The molecule has 1 N–H and O–H groups in total. The summed E-state index contributed by atoms with van der Waals surface area (Å²) in [7, 11) is 1.90. The highest BCUT2D eigenvalue weighted by Crippen LogP contribution is 2.35. The van der Waals surface area contributed by atoms with Crippen LogP contribution in [0.15, 0.2) is 41.6 Å². The van der Waals surface area contributed by atoms with Crippen molar-refractivity contribution in [1.29, 1.82) is 0 Å². The Labute approximate surface area is 141 Å². The van der Waals surface area contributed by atoms with Crippen molar-refractivity contribution in [3.05, 3.63) is 47.7 Å². The second-order valence-corrected chi connectivity index (χ2v) is 6.67. The number of benzene rings is 1. The van der Waals surface area contributed by atoms with Gasteiger partial charge in [0.15, 0.2) is 0 Å². The summed E-state index contributed by atoms with van der Waals surface area (Å²) < 4.78 is 0. The van der Waals surface area contributed by atoms with Crippen LogP contribution in [0.25, 0.3) is 0 Å². The minimum Gasteiger partial charge on any atom is -0.386 e. The quantitative estimate of drug-likeness (QED) is 0.873. The molecule has 0 saturated heterocycles. The number of fused-ring (bicyclic) bond motifs is 1. The molecule has 2 heterocycles. The van der Waals surface area contributed by atoms with Crippen molar-refractivity contribution >= 4 is 29.0 Å². The van der Waals surface area contributed by atoms with Crippen LogP contribution in [0.2, 0.25) is 0 Å². The molecule has 0 radical (unpaired) electrons. The van der Waals surface area contributed by atoms with Crippen LogP contribution in [0.1, 0.15) is 17.5 Å². The van der Waals surface area contributed by atoms with Crippen molar-refractivity contribution in [2.75, 3.05) is 29.6 Å². The molecule has 0 unspecified atom stereocenters. The fraction of sp³-hybridized carbons (Fsp3) is 0.333. The van der Waals surface area contributed by atoms with Crippen LogP contribution in [0.5, 0.6) is 0 Å². The number of nitrogens with one attached hydrogen (secondary N) is 1. The first kappa shape index (κ1) is 15.9. The number of hydrogen-bond acceptors (Lipinski definition) is 4. The molecule has 1 aliphatic rings. The predicted molar refractivity (Wildman–Crippen MR) is 96.4 cm³/mol. The second kappa shape index (κ2) is 7.04. The normalized spacial score (nSPS) is 13.6. The van der Waals surface area contributed by atoms with E-state index in [9.17, 15) is 4.79 Å². The summed E-state index contributed by atoms with van der Waals surface area (Å²) in [5, 5.41) is 4.10. The van der Waals surface area contributed by atoms with Gasteiger partial charge in [-0.05, 0) is 43.0 Å². The standard InChI is InChI=1S/C18H21N3OS/c1-13-8-9-16(20-11-13)23-12-17(22)21-10-4-6-14-5-3-7-15(19-2)18(14)21/h3,5,7-9,11,19H,4,6,10,12H2,1-2H3. The van der Waals surface area contributed by atoms with Gasteiger partial charge in [-0.15, -0.1) is 0 Å². The van der Waals surface area contributed by atoms with E-state index in [2.05, 4.69) is 16.4 Å². The highest BCUT2D eigenvalue weighted by molar-refractivity contribution is 7.99. The average Bonchev–Trinajstić information content (AvgIpc) is 2.60. The Morgan fingerprint density at radius 3 is 2.96 bits per heavy atom. The number of para-hydroxylation sites is 1. The third-order valence-electron chi connectivity index (χ3n) is 4.02. The summed E-state index contributed by atoms with van der Waals surface area (Å²) in [6.45, 7) is 2.79. The Hall–Kier alpha value is -2.01. The van der Waals surface area contributed by atoms with Crippen molar-refractivity contribution in [2.45, 2.75) is 24.8 Å². The number of thioether (sulfide) groups is 1. The number of anilines is 2. The summed E-state index contributed by atoms with van der Waals surface area (Å²) in [6, 6.07) is 10.2. The van der Waals surface area contributed by atoms with E-state index in [-0.39, 0.29) is 5.91 Å². The van der Waals surface area contributed by atoms with Gasteiger partial charge in [0.2, 0.25) is 5.91 Å². The van der Waals surface area contributed by atoms with E-state index in [0.717, 1.165) is 41.4 Å². The Morgan fingerprint density at radius 1 is 1.35 bits per heavy atom. The molecular formula is C18H21N3OS. The lowest BCUT2D eigenvalue weighted by molar-refractivity contribution is -0.116. The molecule has 0 atom stereocenters. The molecule has 1 amide bonds. The topological polar surface area (TPSA) is 45.2 Å². The number of pyridine rings is 1. The molecule has 0 fully saturated rings. The second-order valence-electron chi connectivity index (χ2n) is 5.67.